The predicted octanol–water partition coefficient (Wildman–Crippen LogP) is 2.49. The van der Waals surface area contributed by atoms with Crippen LogP contribution in [0.5, 0.6) is 0 Å². The number of nitrogens with zero attached hydrogens (tertiary/aromatic N) is 1. The van der Waals surface area contributed by atoms with Crippen molar-refractivity contribution in [2.75, 3.05) is 13.1 Å². The fraction of sp³-hybridized carbons (Fsp3) is 0.375. The summed E-state index contributed by atoms with van der Waals surface area (Å²) < 4.78 is 0. The molecule has 0 aliphatic heterocycles. The van der Waals surface area contributed by atoms with E-state index in [1.165, 1.54) is 0 Å². The van der Waals surface area contributed by atoms with Gasteiger partial charge in [-0.05, 0) is 24.6 Å². The van der Waals surface area contributed by atoms with Crippen LogP contribution in [0.15, 0.2) is 24.8 Å². The maximum Gasteiger partial charge on any atom is 0.269 e. The number of carbonyl (C=O) groups is 1. The molecule has 0 aliphatic rings. The van der Waals surface area contributed by atoms with Crippen LogP contribution in [-0.4, -0.2) is 30.0 Å². The topological polar surface area (TPSA) is 54.0 Å². The van der Waals surface area contributed by atoms with Crippen molar-refractivity contribution < 1.29 is 4.79 Å². The van der Waals surface area contributed by atoms with Crippen molar-refractivity contribution >= 4 is 18.1 Å². The van der Waals surface area contributed by atoms with E-state index in [9.17, 15) is 4.79 Å². The fourth-order valence-corrected chi connectivity index (χ4v) is 1.70. The fourth-order valence-electron chi connectivity index (χ4n) is 1.70. The molecule has 1 aromatic rings. The first kappa shape index (κ1) is 16.1. The lowest BCUT2D eigenvalue weighted by Gasteiger charge is -2.09. The van der Waals surface area contributed by atoms with Gasteiger partial charge in [0.1, 0.15) is 5.69 Å². The van der Waals surface area contributed by atoms with E-state index in [1.807, 2.05) is 25.1 Å². The van der Waals surface area contributed by atoms with Gasteiger partial charge in [-0.3, -0.25) is 4.79 Å². The van der Waals surface area contributed by atoms with Crippen LogP contribution in [0.3, 0.4) is 0 Å². The smallest absolute Gasteiger partial charge is 0.269 e. The van der Waals surface area contributed by atoms with Crippen LogP contribution in [0.4, 0.5) is 0 Å². The van der Waals surface area contributed by atoms with Gasteiger partial charge < -0.3 is 10.6 Å². The summed E-state index contributed by atoms with van der Waals surface area (Å²) in [7, 11) is 0. The van der Waals surface area contributed by atoms with Crippen LogP contribution >= 0.6 is 0 Å². The highest BCUT2D eigenvalue weighted by molar-refractivity contribution is 5.92. The Kier molecular flexibility index (Phi) is 6.67. The zero-order valence-electron chi connectivity index (χ0n) is 12.4. The first-order chi connectivity index (χ1) is 9.58. The molecule has 0 spiro atoms. The number of hydrogen-bond donors (Lipinski definition) is 2. The second kappa shape index (κ2) is 8.27. The molecule has 0 atom stereocenters. The van der Waals surface area contributed by atoms with Crippen molar-refractivity contribution in [1.29, 1.82) is 0 Å². The van der Waals surface area contributed by atoms with Crippen molar-refractivity contribution in [3.8, 4) is 0 Å². The van der Waals surface area contributed by atoms with E-state index >= 15 is 0 Å². The van der Waals surface area contributed by atoms with Crippen molar-refractivity contribution in [2.45, 2.75) is 26.8 Å². The van der Waals surface area contributed by atoms with Crippen molar-refractivity contribution in [3.63, 3.8) is 0 Å². The third kappa shape index (κ3) is 4.97. The zero-order chi connectivity index (χ0) is 15.0. The zero-order valence-corrected chi connectivity index (χ0v) is 12.4. The number of rotatable bonds is 7. The minimum absolute atomic E-state index is 0.156. The molecule has 0 aliphatic carbocycles. The summed E-state index contributed by atoms with van der Waals surface area (Å²) in [5.74, 6) is -0.156. The number of allylic oxidation sites excluding steroid dienone is 1. The molecular formula is C16H23N3O. The standard InChI is InChI=1S/C16H23N3O/c1-5-7-14-13(6-2)8-9-15(19-14)16(20)18-11-10-17-12(3)4/h5-9,12,17H,2,10-11H2,1,3-4H3,(H,18,20)/b7-5-. The molecule has 108 valence electrons. The Morgan fingerprint density at radius 2 is 2.15 bits per heavy atom. The van der Waals surface area contributed by atoms with Gasteiger partial charge in [0.25, 0.3) is 5.91 Å². The van der Waals surface area contributed by atoms with Crippen molar-refractivity contribution in [3.05, 3.63) is 41.7 Å². The summed E-state index contributed by atoms with van der Waals surface area (Å²) in [5.41, 5.74) is 2.10. The molecule has 2 N–H and O–H groups in total. The van der Waals surface area contributed by atoms with Gasteiger partial charge in [-0.25, -0.2) is 4.98 Å². The first-order valence-corrected chi connectivity index (χ1v) is 6.86. The van der Waals surface area contributed by atoms with Crippen LogP contribution in [-0.2, 0) is 0 Å². The first-order valence-electron chi connectivity index (χ1n) is 6.86. The molecule has 4 heteroatoms. The average Bonchev–Trinajstić information content (AvgIpc) is 2.43. The van der Waals surface area contributed by atoms with E-state index in [-0.39, 0.29) is 5.91 Å². The van der Waals surface area contributed by atoms with Gasteiger partial charge >= 0.3 is 0 Å². The number of hydrogen-bond acceptors (Lipinski definition) is 3. The van der Waals surface area contributed by atoms with Crippen LogP contribution in [0, 0.1) is 0 Å². The molecule has 0 bridgehead atoms. The Morgan fingerprint density at radius 1 is 1.40 bits per heavy atom. The van der Waals surface area contributed by atoms with E-state index in [0.29, 0.717) is 18.3 Å². The van der Waals surface area contributed by atoms with Crippen LogP contribution in [0.2, 0.25) is 0 Å². The highest BCUT2D eigenvalue weighted by atomic mass is 16.1. The molecule has 0 saturated carbocycles. The van der Waals surface area contributed by atoms with E-state index < -0.39 is 0 Å². The van der Waals surface area contributed by atoms with Crippen LogP contribution < -0.4 is 10.6 Å². The van der Waals surface area contributed by atoms with Crippen molar-refractivity contribution in [1.82, 2.24) is 15.6 Å². The maximum absolute atomic E-state index is 12.0. The quantitative estimate of drug-likeness (QED) is 0.750. The number of amides is 1. The largest absolute Gasteiger partial charge is 0.349 e. The third-order valence-electron chi connectivity index (χ3n) is 2.70. The molecule has 1 rings (SSSR count). The Balaban J connectivity index is 2.68. The van der Waals surface area contributed by atoms with Gasteiger partial charge in [0, 0.05) is 19.1 Å². The average molecular weight is 273 g/mol. The molecule has 0 unspecified atom stereocenters. The normalized spacial score (nSPS) is 11.0. The highest BCUT2D eigenvalue weighted by Crippen LogP contribution is 2.11. The molecular weight excluding hydrogens is 250 g/mol. The van der Waals surface area contributed by atoms with E-state index in [4.69, 9.17) is 0 Å². The van der Waals surface area contributed by atoms with Gasteiger partial charge in [0.2, 0.25) is 0 Å². The SMILES string of the molecule is C=Cc1ccc(C(=O)NCCNC(C)C)nc1/C=C\C. The Bertz CT molecular complexity index is 492. The lowest BCUT2D eigenvalue weighted by atomic mass is 10.1. The highest BCUT2D eigenvalue weighted by Gasteiger charge is 2.08. The summed E-state index contributed by atoms with van der Waals surface area (Å²) in [6.45, 7) is 11.1. The molecule has 1 heterocycles. The number of aromatic nitrogens is 1. The van der Waals surface area contributed by atoms with Gasteiger partial charge in [0.05, 0.1) is 5.69 Å². The lowest BCUT2D eigenvalue weighted by molar-refractivity contribution is 0.0948. The summed E-state index contributed by atoms with van der Waals surface area (Å²) >= 11 is 0. The predicted molar refractivity (Wildman–Crippen MR) is 84.5 cm³/mol. The van der Waals surface area contributed by atoms with E-state index in [1.54, 1.807) is 12.1 Å². The minimum Gasteiger partial charge on any atom is -0.349 e. The van der Waals surface area contributed by atoms with E-state index in [0.717, 1.165) is 17.8 Å². The second-order valence-electron chi connectivity index (χ2n) is 4.74. The molecule has 0 saturated heterocycles. The number of carbonyl (C=O) groups excluding carboxylic acids is 1. The van der Waals surface area contributed by atoms with Crippen molar-refractivity contribution in [2.24, 2.45) is 0 Å². The molecule has 4 nitrogen and oxygen atoms in total. The summed E-state index contributed by atoms with van der Waals surface area (Å²) in [6, 6.07) is 3.99. The molecule has 1 amide bonds. The molecule has 0 fully saturated rings. The Hall–Kier alpha value is -1.94. The summed E-state index contributed by atoms with van der Waals surface area (Å²) in [4.78, 5) is 16.4. The Morgan fingerprint density at radius 3 is 2.75 bits per heavy atom. The van der Waals surface area contributed by atoms with Gasteiger partial charge in [0.15, 0.2) is 0 Å². The maximum atomic E-state index is 12.0. The molecule has 20 heavy (non-hydrogen) atoms. The van der Waals surface area contributed by atoms with Gasteiger partial charge in [-0.1, -0.05) is 38.6 Å². The van der Waals surface area contributed by atoms with Crippen LogP contribution in [0.1, 0.15) is 42.5 Å². The number of nitrogens with one attached hydrogen (secondary N) is 2. The summed E-state index contributed by atoms with van der Waals surface area (Å²) in [6.07, 6.45) is 5.49. The Labute approximate surface area is 121 Å². The number of pyridine rings is 1. The van der Waals surface area contributed by atoms with Gasteiger partial charge in [-0.15, -0.1) is 0 Å². The molecule has 0 radical (unpaired) electrons. The minimum atomic E-state index is -0.156. The molecule has 0 aromatic carbocycles. The monoisotopic (exact) mass is 273 g/mol. The van der Waals surface area contributed by atoms with Gasteiger partial charge in [-0.2, -0.15) is 0 Å². The summed E-state index contributed by atoms with van der Waals surface area (Å²) in [5, 5.41) is 6.09. The van der Waals surface area contributed by atoms with Crippen LogP contribution in [0.25, 0.3) is 12.2 Å². The third-order valence-corrected chi connectivity index (χ3v) is 2.70. The molecule has 1 aromatic heterocycles. The lowest BCUT2D eigenvalue weighted by Crippen LogP contribution is -2.35. The van der Waals surface area contributed by atoms with E-state index in [2.05, 4.69) is 36.0 Å². The second-order valence-corrected chi connectivity index (χ2v) is 4.74.